The van der Waals surface area contributed by atoms with E-state index >= 15 is 0 Å². The molecule has 1 aromatic rings. The number of nitrogens with two attached hydrogens (primary N) is 1. The summed E-state index contributed by atoms with van der Waals surface area (Å²) in [6.07, 6.45) is 7.91. The third kappa shape index (κ3) is 2.97. The maximum atomic E-state index is 13.1. The zero-order valence-corrected chi connectivity index (χ0v) is 15.3. The first-order valence-electron chi connectivity index (χ1n) is 9.23. The lowest BCUT2D eigenvalue weighted by Crippen LogP contribution is -2.55. The maximum Gasteiger partial charge on any atom is 0.230 e. The number of benzene rings is 1. The molecule has 2 bridgehead atoms. The molecule has 3 aliphatic rings. The van der Waals surface area contributed by atoms with Gasteiger partial charge in [0, 0.05) is 12.1 Å². The van der Waals surface area contributed by atoms with Crippen molar-refractivity contribution >= 4 is 18.3 Å². The van der Waals surface area contributed by atoms with Crippen molar-refractivity contribution in [2.45, 2.75) is 69.4 Å². The lowest BCUT2D eigenvalue weighted by molar-refractivity contribution is -0.126. The molecule has 1 amide bonds. The molecule has 4 rings (SSSR count). The van der Waals surface area contributed by atoms with Crippen LogP contribution in [-0.4, -0.2) is 18.0 Å². The molecule has 132 valence electrons. The Morgan fingerprint density at radius 2 is 1.79 bits per heavy atom. The fraction of sp³-hybridized carbons (Fsp3) is 0.650. The van der Waals surface area contributed by atoms with Crippen LogP contribution in [0.3, 0.4) is 0 Å². The van der Waals surface area contributed by atoms with Gasteiger partial charge in [-0.15, -0.1) is 12.4 Å². The standard InChI is InChI=1S/C20H28N2O.ClH/c1-13-5-2-3-8-17(13)20(9-10-20)19(23)22-18-14-6-4-7-15(18)12-16(21)11-14;/h2-3,5,8,14-16,18H,4,6-7,9-12,21H2,1H3,(H,22,23);1H. The lowest BCUT2D eigenvalue weighted by Gasteiger charge is -2.45. The summed E-state index contributed by atoms with van der Waals surface area (Å²) in [4.78, 5) is 13.1. The van der Waals surface area contributed by atoms with Gasteiger partial charge in [-0.25, -0.2) is 0 Å². The summed E-state index contributed by atoms with van der Waals surface area (Å²) >= 11 is 0. The quantitative estimate of drug-likeness (QED) is 0.878. The first-order chi connectivity index (χ1) is 11.1. The van der Waals surface area contributed by atoms with Crippen LogP contribution < -0.4 is 11.1 Å². The minimum atomic E-state index is -0.251. The number of hydrogen-bond donors (Lipinski definition) is 2. The van der Waals surface area contributed by atoms with Gasteiger partial charge in [0.1, 0.15) is 0 Å². The molecule has 0 radical (unpaired) electrons. The van der Waals surface area contributed by atoms with Crippen LogP contribution in [0, 0.1) is 18.8 Å². The predicted octanol–water partition coefficient (Wildman–Crippen LogP) is 3.47. The minimum absolute atomic E-state index is 0. The van der Waals surface area contributed by atoms with Crippen molar-refractivity contribution in [3.05, 3.63) is 35.4 Å². The molecule has 1 aromatic carbocycles. The third-order valence-corrected chi connectivity index (χ3v) is 6.52. The zero-order valence-electron chi connectivity index (χ0n) is 14.5. The average Bonchev–Trinajstić information content (AvgIpc) is 3.30. The normalized spacial score (nSPS) is 33.2. The SMILES string of the molecule is Cc1ccccc1C1(C(=O)NC2C3CCCC2CC(N)C3)CC1.Cl. The highest BCUT2D eigenvalue weighted by Crippen LogP contribution is 2.50. The topological polar surface area (TPSA) is 55.1 Å². The summed E-state index contributed by atoms with van der Waals surface area (Å²) in [6.45, 7) is 2.12. The van der Waals surface area contributed by atoms with E-state index in [1.54, 1.807) is 0 Å². The van der Waals surface area contributed by atoms with Crippen LogP contribution in [0.2, 0.25) is 0 Å². The summed E-state index contributed by atoms with van der Waals surface area (Å²) in [6, 6.07) is 9.07. The first kappa shape index (κ1) is 17.8. The fourth-order valence-corrected chi connectivity index (χ4v) is 5.17. The number of amides is 1. The third-order valence-electron chi connectivity index (χ3n) is 6.52. The fourth-order valence-electron chi connectivity index (χ4n) is 5.17. The molecule has 3 saturated carbocycles. The van der Waals surface area contributed by atoms with E-state index in [-0.39, 0.29) is 23.7 Å². The number of carbonyl (C=O) groups excluding carboxylic acids is 1. The second kappa shape index (κ2) is 6.68. The molecular weight excluding hydrogens is 320 g/mol. The number of hydrogen-bond acceptors (Lipinski definition) is 2. The molecular formula is C20H29ClN2O. The van der Waals surface area contributed by atoms with Crippen molar-refractivity contribution in [1.82, 2.24) is 5.32 Å². The van der Waals surface area contributed by atoms with E-state index in [0.29, 0.717) is 23.9 Å². The number of aryl methyl sites for hydroxylation is 1. The van der Waals surface area contributed by atoms with Crippen LogP contribution in [-0.2, 0) is 10.2 Å². The molecule has 4 heteroatoms. The van der Waals surface area contributed by atoms with E-state index in [0.717, 1.165) is 25.7 Å². The molecule has 3 fully saturated rings. The van der Waals surface area contributed by atoms with E-state index in [1.165, 1.54) is 30.4 Å². The van der Waals surface area contributed by atoms with Crippen molar-refractivity contribution in [2.75, 3.05) is 0 Å². The van der Waals surface area contributed by atoms with Gasteiger partial charge in [-0.2, -0.15) is 0 Å². The smallest absolute Gasteiger partial charge is 0.230 e. The Balaban J connectivity index is 0.00000169. The predicted molar refractivity (Wildman–Crippen MR) is 99.3 cm³/mol. The number of halogens is 1. The summed E-state index contributed by atoms with van der Waals surface area (Å²) in [7, 11) is 0. The highest BCUT2D eigenvalue weighted by molar-refractivity contribution is 5.92. The Hall–Kier alpha value is -1.06. The maximum absolute atomic E-state index is 13.1. The van der Waals surface area contributed by atoms with Gasteiger partial charge in [-0.05, 0) is 68.4 Å². The highest BCUT2D eigenvalue weighted by Gasteiger charge is 2.53. The Kier molecular flexibility index (Phi) is 4.94. The number of carbonyl (C=O) groups is 1. The molecule has 0 heterocycles. The molecule has 3 N–H and O–H groups in total. The van der Waals surface area contributed by atoms with Gasteiger partial charge in [0.2, 0.25) is 5.91 Å². The zero-order chi connectivity index (χ0) is 16.0. The molecule has 2 atom stereocenters. The van der Waals surface area contributed by atoms with Crippen LogP contribution in [0.15, 0.2) is 24.3 Å². The monoisotopic (exact) mass is 348 g/mol. The molecule has 0 saturated heterocycles. The van der Waals surface area contributed by atoms with Gasteiger partial charge in [0.15, 0.2) is 0 Å². The van der Waals surface area contributed by atoms with Crippen molar-refractivity contribution in [3.8, 4) is 0 Å². The van der Waals surface area contributed by atoms with Crippen LogP contribution in [0.1, 0.15) is 56.1 Å². The van der Waals surface area contributed by atoms with E-state index < -0.39 is 0 Å². The minimum Gasteiger partial charge on any atom is -0.352 e. The number of nitrogens with one attached hydrogen (secondary N) is 1. The van der Waals surface area contributed by atoms with Gasteiger partial charge < -0.3 is 11.1 Å². The Bertz CT molecular complexity index is 599. The lowest BCUT2D eigenvalue weighted by atomic mass is 9.67. The van der Waals surface area contributed by atoms with Crippen LogP contribution >= 0.6 is 12.4 Å². The Morgan fingerprint density at radius 3 is 2.38 bits per heavy atom. The summed E-state index contributed by atoms with van der Waals surface area (Å²) < 4.78 is 0. The highest BCUT2D eigenvalue weighted by atomic mass is 35.5. The van der Waals surface area contributed by atoms with Crippen LogP contribution in [0.4, 0.5) is 0 Å². The van der Waals surface area contributed by atoms with Crippen LogP contribution in [0.25, 0.3) is 0 Å². The van der Waals surface area contributed by atoms with Gasteiger partial charge in [-0.3, -0.25) is 4.79 Å². The van der Waals surface area contributed by atoms with Crippen LogP contribution in [0.5, 0.6) is 0 Å². The number of rotatable bonds is 3. The van der Waals surface area contributed by atoms with Gasteiger partial charge >= 0.3 is 0 Å². The summed E-state index contributed by atoms with van der Waals surface area (Å²) in [5.74, 6) is 1.45. The van der Waals surface area contributed by atoms with Crippen molar-refractivity contribution in [2.24, 2.45) is 17.6 Å². The van der Waals surface area contributed by atoms with Gasteiger partial charge in [0.25, 0.3) is 0 Å². The van der Waals surface area contributed by atoms with Crippen molar-refractivity contribution in [1.29, 1.82) is 0 Å². The first-order valence-corrected chi connectivity index (χ1v) is 9.23. The Labute approximate surface area is 151 Å². The second-order valence-corrected chi connectivity index (χ2v) is 8.08. The largest absolute Gasteiger partial charge is 0.352 e. The van der Waals surface area contributed by atoms with E-state index in [9.17, 15) is 4.79 Å². The Morgan fingerprint density at radius 1 is 1.17 bits per heavy atom. The molecule has 0 spiro atoms. The number of fused-ring (bicyclic) bond motifs is 2. The van der Waals surface area contributed by atoms with E-state index in [4.69, 9.17) is 5.73 Å². The van der Waals surface area contributed by atoms with E-state index in [1.807, 2.05) is 0 Å². The second-order valence-electron chi connectivity index (χ2n) is 8.08. The molecule has 0 aromatic heterocycles. The average molecular weight is 349 g/mol. The molecule has 3 nitrogen and oxygen atoms in total. The van der Waals surface area contributed by atoms with Gasteiger partial charge in [0.05, 0.1) is 5.41 Å². The van der Waals surface area contributed by atoms with Crippen molar-refractivity contribution in [3.63, 3.8) is 0 Å². The van der Waals surface area contributed by atoms with Crippen molar-refractivity contribution < 1.29 is 4.79 Å². The molecule has 3 aliphatic carbocycles. The molecule has 24 heavy (non-hydrogen) atoms. The summed E-state index contributed by atoms with van der Waals surface area (Å²) in [5, 5.41) is 3.48. The molecule has 0 aliphatic heterocycles. The summed E-state index contributed by atoms with van der Waals surface area (Å²) in [5.41, 5.74) is 8.44. The van der Waals surface area contributed by atoms with Gasteiger partial charge in [-0.1, -0.05) is 30.7 Å². The van der Waals surface area contributed by atoms with E-state index in [2.05, 4.69) is 36.5 Å². The molecule has 2 unspecified atom stereocenters.